The molecule has 28 heavy (non-hydrogen) atoms. The standard InChI is InChI=1S/C22H27N3O3/c1-28-20-12-6-10-18(14-20)23-15-21(26)24-19-11-5-7-16(13-19)22(27)25-17-8-3-2-4-9-17/h5-7,10-14,17,23H,2-4,8-9,15H2,1H3,(H,24,26)(H,25,27). The maximum atomic E-state index is 12.5. The molecule has 0 unspecified atom stereocenters. The van der Waals surface area contributed by atoms with E-state index < -0.39 is 0 Å². The predicted molar refractivity (Wildman–Crippen MR) is 111 cm³/mol. The van der Waals surface area contributed by atoms with E-state index in [0.717, 1.165) is 24.3 Å². The number of ether oxygens (including phenoxy) is 1. The van der Waals surface area contributed by atoms with E-state index >= 15 is 0 Å². The van der Waals surface area contributed by atoms with Crippen LogP contribution in [0.15, 0.2) is 48.5 Å². The molecule has 0 aromatic heterocycles. The van der Waals surface area contributed by atoms with Gasteiger partial charge in [-0.3, -0.25) is 9.59 Å². The van der Waals surface area contributed by atoms with Crippen LogP contribution in [0.3, 0.4) is 0 Å². The summed E-state index contributed by atoms with van der Waals surface area (Å²) >= 11 is 0. The summed E-state index contributed by atoms with van der Waals surface area (Å²) in [6, 6.07) is 14.7. The van der Waals surface area contributed by atoms with Crippen molar-refractivity contribution in [2.75, 3.05) is 24.3 Å². The molecule has 148 valence electrons. The number of amides is 2. The van der Waals surface area contributed by atoms with E-state index in [2.05, 4.69) is 16.0 Å². The molecule has 3 rings (SSSR count). The van der Waals surface area contributed by atoms with E-state index in [1.165, 1.54) is 19.3 Å². The zero-order chi connectivity index (χ0) is 19.8. The first kappa shape index (κ1) is 19.7. The average molecular weight is 381 g/mol. The lowest BCUT2D eigenvalue weighted by Gasteiger charge is -2.22. The van der Waals surface area contributed by atoms with Crippen LogP contribution in [-0.2, 0) is 4.79 Å². The van der Waals surface area contributed by atoms with Gasteiger partial charge in [0.05, 0.1) is 13.7 Å². The average Bonchev–Trinajstić information content (AvgIpc) is 2.73. The smallest absolute Gasteiger partial charge is 0.251 e. The molecular weight excluding hydrogens is 354 g/mol. The highest BCUT2D eigenvalue weighted by Gasteiger charge is 2.17. The molecule has 2 aromatic rings. The Hall–Kier alpha value is -3.02. The third-order valence-corrected chi connectivity index (χ3v) is 4.87. The minimum Gasteiger partial charge on any atom is -0.497 e. The SMILES string of the molecule is COc1cccc(NCC(=O)Nc2cccc(C(=O)NC3CCCCC3)c2)c1. The fourth-order valence-corrected chi connectivity index (χ4v) is 3.37. The molecule has 0 heterocycles. The summed E-state index contributed by atoms with van der Waals surface area (Å²) in [5.74, 6) is 0.451. The Bertz CT molecular complexity index is 816. The lowest BCUT2D eigenvalue weighted by molar-refractivity contribution is -0.114. The Morgan fingerprint density at radius 3 is 2.54 bits per heavy atom. The second-order valence-electron chi connectivity index (χ2n) is 7.02. The van der Waals surface area contributed by atoms with Crippen LogP contribution in [0.2, 0.25) is 0 Å². The van der Waals surface area contributed by atoms with Crippen LogP contribution >= 0.6 is 0 Å². The van der Waals surface area contributed by atoms with Gasteiger partial charge in [-0.2, -0.15) is 0 Å². The van der Waals surface area contributed by atoms with Crippen LogP contribution < -0.4 is 20.7 Å². The van der Waals surface area contributed by atoms with Gasteiger partial charge in [0.1, 0.15) is 5.75 Å². The van der Waals surface area contributed by atoms with Crippen LogP contribution in [0.1, 0.15) is 42.5 Å². The van der Waals surface area contributed by atoms with Crippen LogP contribution in [0.25, 0.3) is 0 Å². The van der Waals surface area contributed by atoms with Gasteiger partial charge < -0.3 is 20.7 Å². The van der Waals surface area contributed by atoms with Gasteiger partial charge in [-0.25, -0.2) is 0 Å². The van der Waals surface area contributed by atoms with E-state index in [1.54, 1.807) is 31.4 Å². The van der Waals surface area contributed by atoms with Gasteiger partial charge in [0.25, 0.3) is 5.91 Å². The first-order chi connectivity index (χ1) is 13.6. The van der Waals surface area contributed by atoms with E-state index in [9.17, 15) is 9.59 Å². The van der Waals surface area contributed by atoms with Gasteiger partial charge >= 0.3 is 0 Å². The third kappa shape index (κ3) is 5.74. The fourth-order valence-electron chi connectivity index (χ4n) is 3.37. The van der Waals surface area contributed by atoms with E-state index in [0.29, 0.717) is 11.3 Å². The molecule has 2 amide bonds. The summed E-state index contributed by atoms with van der Waals surface area (Å²) < 4.78 is 5.17. The molecule has 0 spiro atoms. The quantitative estimate of drug-likeness (QED) is 0.681. The van der Waals surface area contributed by atoms with Crippen LogP contribution in [0.5, 0.6) is 5.75 Å². The Morgan fingerprint density at radius 1 is 1.00 bits per heavy atom. The molecule has 1 aliphatic carbocycles. The van der Waals surface area contributed by atoms with Crippen molar-refractivity contribution in [2.24, 2.45) is 0 Å². The first-order valence-electron chi connectivity index (χ1n) is 9.73. The molecule has 6 nitrogen and oxygen atoms in total. The molecule has 6 heteroatoms. The first-order valence-corrected chi connectivity index (χ1v) is 9.73. The van der Waals surface area contributed by atoms with Crippen molar-refractivity contribution < 1.29 is 14.3 Å². The largest absolute Gasteiger partial charge is 0.497 e. The van der Waals surface area contributed by atoms with Gasteiger partial charge in [0.15, 0.2) is 0 Å². The summed E-state index contributed by atoms with van der Waals surface area (Å²) in [7, 11) is 1.60. The number of hydrogen-bond acceptors (Lipinski definition) is 4. The summed E-state index contributed by atoms with van der Waals surface area (Å²) in [6.07, 6.45) is 5.66. The summed E-state index contributed by atoms with van der Waals surface area (Å²) in [6.45, 7) is 0.117. The monoisotopic (exact) mass is 381 g/mol. The van der Waals surface area contributed by atoms with Crippen molar-refractivity contribution in [1.82, 2.24) is 5.32 Å². The zero-order valence-electron chi connectivity index (χ0n) is 16.2. The van der Waals surface area contributed by atoms with E-state index in [4.69, 9.17) is 4.74 Å². The van der Waals surface area contributed by atoms with Crippen molar-refractivity contribution in [2.45, 2.75) is 38.1 Å². The van der Waals surface area contributed by atoms with Crippen LogP contribution in [0, 0.1) is 0 Å². The molecule has 0 atom stereocenters. The molecule has 0 saturated heterocycles. The van der Waals surface area contributed by atoms with Gasteiger partial charge in [-0.05, 0) is 43.2 Å². The molecule has 3 N–H and O–H groups in total. The topological polar surface area (TPSA) is 79.5 Å². The Kier molecular flexibility index (Phi) is 6.89. The summed E-state index contributed by atoms with van der Waals surface area (Å²) in [5.41, 5.74) is 1.97. The number of nitrogens with one attached hydrogen (secondary N) is 3. The molecule has 0 aliphatic heterocycles. The lowest BCUT2D eigenvalue weighted by atomic mass is 9.95. The second-order valence-corrected chi connectivity index (χ2v) is 7.02. The molecular formula is C22H27N3O3. The summed E-state index contributed by atoms with van der Waals surface area (Å²) in [4.78, 5) is 24.7. The minimum atomic E-state index is -0.187. The van der Waals surface area contributed by atoms with Crippen molar-refractivity contribution in [3.05, 3.63) is 54.1 Å². The normalized spacial score (nSPS) is 14.2. The van der Waals surface area contributed by atoms with E-state index in [-0.39, 0.29) is 24.4 Å². The molecule has 1 fully saturated rings. The highest BCUT2D eigenvalue weighted by atomic mass is 16.5. The highest BCUT2D eigenvalue weighted by Crippen LogP contribution is 2.19. The number of carbonyl (C=O) groups excluding carboxylic acids is 2. The van der Waals surface area contributed by atoms with Crippen LogP contribution in [-0.4, -0.2) is 31.5 Å². The van der Waals surface area contributed by atoms with Crippen molar-refractivity contribution in [3.8, 4) is 5.75 Å². The Morgan fingerprint density at radius 2 is 1.75 bits per heavy atom. The number of anilines is 2. The second kappa shape index (κ2) is 9.78. The Labute approximate surface area is 165 Å². The van der Waals surface area contributed by atoms with Gasteiger partial charge in [-0.1, -0.05) is 31.4 Å². The minimum absolute atomic E-state index is 0.0856. The molecule has 0 bridgehead atoms. The fraction of sp³-hybridized carbons (Fsp3) is 0.364. The van der Waals surface area contributed by atoms with Gasteiger partial charge in [-0.15, -0.1) is 0 Å². The zero-order valence-corrected chi connectivity index (χ0v) is 16.2. The van der Waals surface area contributed by atoms with Crippen molar-refractivity contribution >= 4 is 23.2 Å². The van der Waals surface area contributed by atoms with Crippen LogP contribution in [0.4, 0.5) is 11.4 Å². The molecule has 1 saturated carbocycles. The number of carbonyl (C=O) groups is 2. The van der Waals surface area contributed by atoms with Crippen molar-refractivity contribution in [1.29, 1.82) is 0 Å². The predicted octanol–water partition coefficient (Wildman–Crippen LogP) is 3.81. The maximum Gasteiger partial charge on any atom is 0.251 e. The summed E-state index contributed by atoms with van der Waals surface area (Å²) in [5, 5.41) is 8.98. The highest BCUT2D eigenvalue weighted by molar-refractivity contribution is 5.98. The van der Waals surface area contributed by atoms with E-state index in [1.807, 2.05) is 24.3 Å². The van der Waals surface area contributed by atoms with Crippen molar-refractivity contribution in [3.63, 3.8) is 0 Å². The van der Waals surface area contributed by atoms with Gasteiger partial charge in [0, 0.05) is 29.0 Å². The molecule has 1 aliphatic rings. The number of methoxy groups -OCH3 is 1. The van der Waals surface area contributed by atoms with Gasteiger partial charge in [0.2, 0.25) is 5.91 Å². The third-order valence-electron chi connectivity index (χ3n) is 4.87. The number of hydrogen-bond donors (Lipinski definition) is 3. The molecule has 2 aromatic carbocycles. The lowest BCUT2D eigenvalue weighted by Crippen LogP contribution is -2.36. The Balaban J connectivity index is 1.52. The molecule has 0 radical (unpaired) electrons. The maximum absolute atomic E-state index is 12.5. The number of rotatable bonds is 7. The number of benzene rings is 2.